The van der Waals surface area contributed by atoms with Gasteiger partial charge in [0.1, 0.15) is 11.5 Å². The van der Waals surface area contributed by atoms with Crippen molar-refractivity contribution in [1.29, 1.82) is 0 Å². The number of primary amides is 1. The van der Waals surface area contributed by atoms with Gasteiger partial charge in [0.15, 0.2) is 11.5 Å². The number of nitrogens with two attached hydrogens (primary N) is 1. The number of halogens is 5. The zero-order valence-corrected chi connectivity index (χ0v) is 18.2. The summed E-state index contributed by atoms with van der Waals surface area (Å²) in [6, 6.07) is 9.49. The molecule has 2 aromatic carbocycles. The van der Waals surface area contributed by atoms with Crippen LogP contribution < -0.4 is 25.8 Å². The molecule has 1 aliphatic rings. The SMILES string of the molecule is NC(=O)c1cc(CCNc2cc(F)ccc2C(=O)Nc2ccc3c(c2)OC(F)(F)C(F)(F)O3)ccn1. The van der Waals surface area contributed by atoms with Crippen LogP contribution in [-0.2, 0) is 6.42 Å². The van der Waals surface area contributed by atoms with Gasteiger partial charge in [-0.1, -0.05) is 0 Å². The fraction of sp³-hybridized carbons (Fsp3) is 0.174. The summed E-state index contributed by atoms with van der Waals surface area (Å²) in [7, 11) is 0. The molecule has 2 heterocycles. The van der Waals surface area contributed by atoms with Crippen LogP contribution in [-0.4, -0.2) is 35.6 Å². The van der Waals surface area contributed by atoms with E-state index in [1.54, 1.807) is 6.07 Å². The molecule has 1 aliphatic heterocycles. The molecule has 0 bridgehead atoms. The fourth-order valence-corrected chi connectivity index (χ4v) is 3.31. The quantitative estimate of drug-likeness (QED) is 0.413. The van der Waals surface area contributed by atoms with Crippen molar-refractivity contribution in [2.45, 2.75) is 18.6 Å². The molecular formula is C23H17F5N4O4. The van der Waals surface area contributed by atoms with Gasteiger partial charge >= 0.3 is 12.2 Å². The average molecular weight is 508 g/mol. The Morgan fingerprint density at radius 3 is 2.39 bits per heavy atom. The number of anilines is 2. The maximum Gasteiger partial charge on any atom is 0.507 e. The predicted molar refractivity (Wildman–Crippen MR) is 117 cm³/mol. The molecule has 4 rings (SSSR count). The highest BCUT2D eigenvalue weighted by molar-refractivity contribution is 6.08. The number of ether oxygens (including phenoxy) is 2. The Balaban J connectivity index is 1.47. The number of nitrogens with zero attached hydrogens (tertiary/aromatic N) is 1. The third kappa shape index (κ3) is 5.14. The maximum absolute atomic E-state index is 13.9. The maximum atomic E-state index is 13.9. The lowest BCUT2D eigenvalue weighted by Crippen LogP contribution is -2.52. The number of alkyl halides is 4. The van der Waals surface area contributed by atoms with E-state index in [0.717, 1.165) is 30.3 Å². The first-order valence-corrected chi connectivity index (χ1v) is 10.3. The van der Waals surface area contributed by atoms with Crippen molar-refractivity contribution in [3.05, 3.63) is 77.4 Å². The normalized spacial score (nSPS) is 15.1. The summed E-state index contributed by atoms with van der Waals surface area (Å²) in [4.78, 5) is 27.9. The average Bonchev–Trinajstić information content (AvgIpc) is 2.80. The third-order valence-corrected chi connectivity index (χ3v) is 5.05. The van der Waals surface area contributed by atoms with E-state index in [4.69, 9.17) is 5.73 Å². The number of fused-ring (bicyclic) bond motifs is 1. The lowest BCUT2D eigenvalue weighted by atomic mass is 10.1. The number of hydrogen-bond acceptors (Lipinski definition) is 6. The van der Waals surface area contributed by atoms with Gasteiger partial charge < -0.3 is 25.8 Å². The smallest absolute Gasteiger partial charge is 0.421 e. The number of benzene rings is 2. The van der Waals surface area contributed by atoms with Gasteiger partial charge in [0.05, 0.1) is 5.56 Å². The van der Waals surface area contributed by atoms with E-state index in [1.165, 1.54) is 18.3 Å². The Morgan fingerprint density at radius 1 is 0.944 bits per heavy atom. The van der Waals surface area contributed by atoms with Gasteiger partial charge in [0, 0.05) is 30.2 Å². The molecule has 0 atom stereocenters. The summed E-state index contributed by atoms with van der Waals surface area (Å²) in [5, 5.41) is 5.34. The molecule has 0 saturated heterocycles. The Labute approximate surface area is 200 Å². The van der Waals surface area contributed by atoms with Crippen LogP contribution in [0.4, 0.5) is 33.3 Å². The first-order chi connectivity index (χ1) is 16.9. The Hall–Kier alpha value is -4.42. The summed E-state index contributed by atoms with van der Waals surface area (Å²) in [6.45, 7) is 0.235. The van der Waals surface area contributed by atoms with E-state index < -0.39 is 41.3 Å². The second kappa shape index (κ2) is 9.32. The highest BCUT2D eigenvalue weighted by atomic mass is 19.3. The van der Waals surface area contributed by atoms with Gasteiger partial charge in [0.2, 0.25) is 0 Å². The number of carbonyl (C=O) groups excluding carboxylic acids is 2. The number of rotatable bonds is 7. The number of carbonyl (C=O) groups is 2. The summed E-state index contributed by atoms with van der Waals surface area (Å²) in [6.07, 6.45) is -7.98. The van der Waals surface area contributed by atoms with Crippen LogP contribution in [0, 0.1) is 5.82 Å². The molecule has 8 nitrogen and oxygen atoms in total. The predicted octanol–water partition coefficient (Wildman–Crippen LogP) is 4.18. The molecule has 0 saturated carbocycles. The largest absolute Gasteiger partial charge is 0.507 e. The minimum atomic E-state index is -4.91. The highest BCUT2D eigenvalue weighted by Gasteiger charge is 2.65. The molecule has 0 spiro atoms. The standard InChI is InChI=1S/C23H17F5N4O4/c24-13-1-3-15(16(10-13)30-7-5-12-6-8-31-17(9-12)20(29)33)21(34)32-14-2-4-18-19(11-14)36-23(27,28)22(25,26)35-18/h1-4,6,8-11,30H,5,7H2,(H2,29,33)(H,32,34). The molecular weight excluding hydrogens is 491 g/mol. The number of nitrogens with one attached hydrogen (secondary N) is 2. The Morgan fingerprint density at radius 2 is 1.67 bits per heavy atom. The molecule has 2 amide bonds. The molecule has 13 heteroatoms. The molecule has 3 aromatic rings. The van der Waals surface area contributed by atoms with Crippen LogP contribution in [0.1, 0.15) is 26.4 Å². The molecule has 4 N–H and O–H groups in total. The lowest BCUT2D eigenvalue weighted by molar-refractivity contribution is -0.391. The van der Waals surface area contributed by atoms with E-state index in [1.807, 2.05) is 0 Å². The van der Waals surface area contributed by atoms with Crippen LogP contribution >= 0.6 is 0 Å². The summed E-state index contributed by atoms with van der Waals surface area (Å²) in [5.41, 5.74) is 6.08. The molecule has 36 heavy (non-hydrogen) atoms. The van der Waals surface area contributed by atoms with E-state index >= 15 is 0 Å². The molecule has 0 aliphatic carbocycles. The number of hydrogen-bond donors (Lipinski definition) is 3. The van der Waals surface area contributed by atoms with E-state index in [2.05, 4.69) is 25.1 Å². The van der Waals surface area contributed by atoms with Gasteiger partial charge in [-0.05, 0) is 54.4 Å². The number of aromatic nitrogens is 1. The fourth-order valence-electron chi connectivity index (χ4n) is 3.31. The lowest BCUT2D eigenvalue weighted by Gasteiger charge is -2.31. The number of pyridine rings is 1. The van der Waals surface area contributed by atoms with E-state index in [-0.39, 0.29) is 29.2 Å². The highest BCUT2D eigenvalue weighted by Crippen LogP contribution is 2.47. The zero-order valence-electron chi connectivity index (χ0n) is 18.2. The molecule has 188 valence electrons. The van der Waals surface area contributed by atoms with Crippen molar-refractivity contribution < 1.29 is 41.0 Å². The molecule has 0 unspecified atom stereocenters. The van der Waals surface area contributed by atoms with Crippen molar-refractivity contribution in [3.63, 3.8) is 0 Å². The minimum absolute atomic E-state index is 0.00991. The summed E-state index contributed by atoms with van der Waals surface area (Å²) < 4.78 is 75.5. The van der Waals surface area contributed by atoms with Gasteiger partial charge in [-0.15, -0.1) is 0 Å². The monoisotopic (exact) mass is 508 g/mol. The van der Waals surface area contributed by atoms with E-state index in [9.17, 15) is 31.5 Å². The van der Waals surface area contributed by atoms with Gasteiger partial charge in [0.25, 0.3) is 11.8 Å². The molecule has 1 aromatic heterocycles. The van der Waals surface area contributed by atoms with Crippen molar-refractivity contribution in [1.82, 2.24) is 4.98 Å². The summed E-state index contributed by atoms with van der Waals surface area (Å²) >= 11 is 0. The third-order valence-electron chi connectivity index (χ3n) is 5.05. The van der Waals surface area contributed by atoms with Crippen LogP contribution in [0.3, 0.4) is 0 Å². The zero-order chi connectivity index (χ0) is 26.1. The summed E-state index contributed by atoms with van der Waals surface area (Å²) in [5.74, 6) is -3.40. The van der Waals surface area contributed by atoms with Crippen LogP contribution in [0.15, 0.2) is 54.7 Å². The van der Waals surface area contributed by atoms with Crippen molar-refractivity contribution in [2.75, 3.05) is 17.2 Å². The first kappa shape index (κ1) is 24.7. The second-order valence-corrected chi connectivity index (χ2v) is 7.63. The van der Waals surface area contributed by atoms with Gasteiger partial charge in [-0.25, -0.2) is 4.39 Å². The topological polar surface area (TPSA) is 116 Å². The van der Waals surface area contributed by atoms with Crippen molar-refractivity contribution in [3.8, 4) is 11.5 Å². The van der Waals surface area contributed by atoms with Crippen LogP contribution in [0.5, 0.6) is 11.5 Å². The Bertz CT molecular complexity index is 1340. The van der Waals surface area contributed by atoms with E-state index in [0.29, 0.717) is 12.0 Å². The molecule has 0 fully saturated rings. The van der Waals surface area contributed by atoms with Crippen molar-refractivity contribution in [2.24, 2.45) is 5.73 Å². The van der Waals surface area contributed by atoms with Crippen LogP contribution in [0.2, 0.25) is 0 Å². The molecule has 0 radical (unpaired) electrons. The second-order valence-electron chi connectivity index (χ2n) is 7.63. The van der Waals surface area contributed by atoms with Gasteiger partial charge in [-0.3, -0.25) is 14.6 Å². The number of amides is 2. The van der Waals surface area contributed by atoms with Crippen LogP contribution in [0.25, 0.3) is 0 Å². The Kier molecular flexibility index (Phi) is 6.39. The first-order valence-electron chi connectivity index (χ1n) is 10.3. The van der Waals surface area contributed by atoms with Crippen molar-refractivity contribution >= 4 is 23.2 Å². The van der Waals surface area contributed by atoms with Gasteiger partial charge in [-0.2, -0.15) is 17.6 Å². The minimum Gasteiger partial charge on any atom is -0.421 e.